The first-order valence-corrected chi connectivity index (χ1v) is 8.93. The molecule has 24 heavy (non-hydrogen) atoms. The fourth-order valence-electron chi connectivity index (χ4n) is 1.97. The number of hydrogen-bond acceptors (Lipinski definition) is 3. The number of rotatable bonds is 4. The first kappa shape index (κ1) is 18.7. The SMILES string of the molecule is CC(C)NC(=O)C(C)n1ccsc1=NC(=O)c1ccc(Cl)c(Cl)c1. The van der Waals surface area contributed by atoms with Crippen molar-refractivity contribution in [2.45, 2.75) is 32.9 Å². The summed E-state index contributed by atoms with van der Waals surface area (Å²) in [5.41, 5.74) is 0.337. The van der Waals surface area contributed by atoms with E-state index in [1.165, 1.54) is 17.4 Å². The molecule has 1 unspecified atom stereocenters. The van der Waals surface area contributed by atoms with Crippen molar-refractivity contribution < 1.29 is 9.59 Å². The molecule has 1 aromatic carbocycles. The van der Waals surface area contributed by atoms with Crippen LogP contribution in [0.4, 0.5) is 0 Å². The third-order valence-electron chi connectivity index (χ3n) is 3.21. The third-order valence-corrected chi connectivity index (χ3v) is 4.72. The molecule has 0 aliphatic carbocycles. The molecular weight excluding hydrogens is 369 g/mol. The van der Waals surface area contributed by atoms with Gasteiger partial charge in [0.05, 0.1) is 10.0 Å². The molecule has 2 aromatic rings. The topological polar surface area (TPSA) is 63.5 Å². The van der Waals surface area contributed by atoms with E-state index in [1.807, 2.05) is 13.8 Å². The van der Waals surface area contributed by atoms with E-state index in [1.54, 1.807) is 35.2 Å². The molecule has 2 rings (SSSR count). The Balaban J connectivity index is 2.31. The largest absolute Gasteiger partial charge is 0.352 e. The summed E-state index contributed by atoms with van der Waals surface area (Å²) < 4.78 is 1.66. The Labute approximate surface area is 153 Å². The van der Waals surface area contributed by atoms with Crippen LogP contribution >= 0.6 is 34.5 Å². The van der Waals surface area contributed by atoms with E-state index in [0.717, 1.165) is 0 Å². The van der Waals surface area contributed by atoms with E-state index in [4.69, 9.17) is 23.2 Å². The quantitative estimate of drug-likeness (QED) is 0.871. The second-order valence-electron chi connectivity index (χ2n) is 5.48. The highest BCUT2D eigenvalue weighted by Gasteiger charge is 2.17. The molecule has 0 spiro atoms. The van der Waals surface area contributed by atoms with Gasteiger partial charge in [0.1, 0.15) is 6.04 Å². The molecule has 8 heteroatoms. The highest BCUT2D eigenvalue weighted by molar-refractivity contribution is 7.07. The molecule has 0 saturated heterocycles. The second-order valence-corrected chi connectivity index (χ2v) is 7.17. The fraction of sp³-hybridized carbons (Fsp3) is 0.312. The molecule has 1 N–H and O–H groups in total. The van der Waals surface area contributed by atoms with E-state index < -0.39 is 11.9 Å². The number of carbonyl (C=O) groups excluding carboxylic acids is 2. The minimum Gasteiger partial charge on any atom is -0.352 e. The highest BCUT2D eigenvalue weighted by atomic mass is 35.5. The lowest BCUT2D eigenvalue weighted by atomic mass is 10.2. The molecule has 128 valence electrons. The van der Waals surface area contributed by atoms with Crippen molar-refractivity contribution >= 4 is 46.4 Å². The van der Waals surface area contributed by atoms with Gasteiger partial charge in [-0.2, -0.15) is 4.99 Å². The van der Waals surface area contributed by atoms with Crippen LogP contribution in [0.3, 0.4) is 0 Å². The van der Waals surface area contributed by atoms with Crippen molar-refractivity contribution in [1.82, 2.24) is 9.88 Å². The average molecular weight is 386 g/mol. The third kappa shape index (κ3) is 4.47. The number of hydrogen-bond donors (Lipinski definition) is 1. The van der Waals surface area contributed by atoms with Crippen LogP contribution in [0.2, 0.25) is 10.0 Å². The molecule has 5 nitrogen and oxygen atoms in total. The smallest absolute Gasteiger partial charge is 0.279 e. The van der Waals surface area contributed by atoms with Crippen molar-refractivity contribution in [3.8, 4) is 0 Å². The Morgan fingerprint density at radius 3 is 2.54 bits per heavy atom. The minimum atomic E-state index is -0.473. The van der Waals surface area contributed by atoms with Crippen molar-refractivity contribution in [2.24, 2.45) is 4.99 Å². The Bertz CT molecular complexity index is 827. The molecule has 0 fully saturated rings. The van der Waals surface area contributed by atoms with Gasteiger partial charge in [-0.1, -0.05) is 23.2 Å². The van der Waals surface area contributed by atoms with Gasteiger partial charge in [0.25, 0.3) is 5.91 Å². The number of thiazole rings is 1. The molecule has 1 heterocycles. The zero-order chi connectivity index (χ0) is 17.9. The van der Waals surface area contributed by atoms with Crippen LogP contribution in [0, 0.1) is 0 Å². The maximum Gasteiger partial charge on any atom is 0.279 e. The second kappa shape index (κ2) is 7.96. The van der Waals surface area contributed by atoms with Gasteiger partial charge in [0.2, 0.25) is 5.91 Å². The lowest BCUT2D eigenvalue weighted by molar-refractivity contribution is -0.124. The molecular formula is C16H17Cl2N3O2S. The summed E-state index contributed by atoms with van der Waals surface area (Å²) >= 11 is 13.1. The van der Waals surface area contributed by atoms with Crippen molar-refractivity contribution in [1.29, 1.82) is 0 Å². The zero-order valence-electron chi connectivity index (χ0n) is 13.4. The highest BCUT2D eigenvalue weighted by Crippen LogP contribution is 2.22. The average Bonchev–Trinajstić information content (AvgIpc) is 2.96. The van der Waals surface area contributed by atoms with E-state index in [0.29, 0.717) is 20.4 Å². The van der Waals surface area contributed by atoms with Gasteiger partial charge < -0.3 is 9.88 Å². The minimum absolute atomic E-state index is 0.0393. The lowest BCUT2D eigenvalue weighted by Gasteiger charge is -2.15. The zero-order valence-corrected chi connectivity index (χ0v) is 15.7. The Hall–Kier alpha value is -1.63. The molecule has 0 aliphatic rings. The molecule has 0 radical (unpaired) electrons. The van der Waals surface area contributed by atoms with Crippen molar-refractivity contribution in [3.63, 3.8) is 0 Å². The molecule has 0 saturated carbocycles. The first-order chi connectivity index (χ1) is 11.3. The number of halogens is 2. The number of nitrogens with zero attached hydrogens (tertiary/aromatic N) is 2. The Morgan fingerprint density at radius 1 is 1.21 bits per heavy atom. The van der Waals surface area contributed by atoms with Gasteiger partial charge in [0.15, 0.2) is 4.80 Å². The molecule has 0 bridgehead atoms. The van der Waals surface area contributed by atoms with E-state index in [-0.39, 0.29) is 11.9 Å². The maximum absolute atomic E-state index is 12.3. The summed E-state index contributed by atoms with van der Waals surface area (Å²) in [6.07, 6.45) is 1.73. The predicted octanol–water partition coefficient (Wildman–Crippen LogP) is 3.68. The monoisotopic (exact) mass is 385 g/mol. The van der Waals surface area contributed by atoms with Crippen molar-refractivity contribution in [2.75, 3.05) is 0 Å². The molecule has 2 amide bonds. The summed E-state index contributed by atoms with van der Waals surface area (Å²) in [5.74, 6) is -0.576. The van der Waals surface area contributed by atoms with Gasteiger partial charge in [0, 0.05) is 23.2 Å². The summed E-state index contributed by atoms with van der Waals surface area (Å²) in [6, 6.07) is 4.15. The van der Waals surface area contributed by atoms with E-state index in [2.05, 4.69) is 10.3 Å². The van der Waals surface area contributed by atoms with Gasteiger partial charge in [-0.3, -0.25) is 9.59 Å². The van der Waals surface area contributed by atoms with Gasteiger partial charge in [-0.25, -0.2) is 0 Å². The summed E-state index contributed by atoms with van der Waals surface area (Å²) in [5, 5.41) is 5.29. The Kier molecular flexibility index (Phi) is 6.21. The van der Waals surface area contributed by atoms with E-state index in [9.17, 15) is 9.59 Å². The number of nitrogens with one attached hydrogen (secondary N) is 1. The summed E-state index contributed by atoms with van der Waals surface area (Å²) in [7, 11) is 0. The van der Waals surface area contributed by atoms with Crippen LogP contribution in [0.1, 0.15) is 37.2 Å². The Morgan fingerprint density at radius 2 is 1.92 bits per heavy atom. The number of carbonyl (C=O) groups is 2. The van der Waals surface area contributed by atoms with Crippen LogP contribution in [-0.2, 0) is 4.79 Å². The molecule has 1 aromatic heterocycles. The van der Waals surface area contributed by atoms with Crippen LogP contribution in [0.15, 0.2) is 34.8 Å². The van der Waals surface area contributed by atoms with Crippen LogP contribution in [0.5, 0.6) is 0 Å². The first-order valence-electron chi connectivity index (χ1n) is 7.29. The van der Waals surface area contributed by atoms with Crippen LogP contribution in [0.25, 0.3) is 0 Å². The predicted molar refractivity (Wildman–Crippen MR) is 96.7 cm³/mol. The standard InChI is InChI=1S/C16H17Cl2N3O2S/c1-9(2)19-14(22)10(3)21-6-7-24-16(21)20-15(23)11-4-5-12(17)13(18)8-11/h4-10H,1-3H3,(H,19,22). The number of benzene rings is 1. The maximum atomic E-state index is 12.3. The molecule has 1 atom stereocenters. The van der Waals surface area contributed by atoms with Crippen molar-refractivity contribution in [3.05, 3.63) is 50.2 Å². The van der Waals surface area contributed by atoms with Gasteiger partial charge in [-0.15, -0.1) is 11.3 Å². The lowest BCUT2D eigenvalue weighted by Crippen LogP contribution is -2.37. The van der Waals surface area contributed by atoms with E-state index >= 15 is 0 Å². The number of amides is 2. The normalized spacial score (nSPS) is 13.2. The number of aromatic nitrogens is 1. The summed E-state index contributed by atoms with van der Waals surface area (Å²) in [6.45, 7) is 5.54. The van der Waals surface area contributed by atoms with Gasteiger partial charge in [-0.05, 0) is 39.0 Å². The van der Waals surface area contributed by atoms with Crippen LogP contribution in [-0.4, -0.2) is 22.4 Å². The molecule has 0 aliphatic heterocycles. The van der Waals surface area contributed by atoms with Gasteiger partial charge >= 0.3 is 0 Å². The summed E-state index contributed by atoms with van der Waals surface area (Å²) in [4.78, 5) is 29.0. The fourth-order valence-corrected chi connectivity index (χ4v) is 3.06. The van der Waals surface area contributed by atoms with Crippen LogP contribution < -0.4 is 10.1 Å².